The molecule has 0 unspecified atom stereocenters. The molecule has 2 rings (SSSR count). The summed E-state index contributed by atoms with van der Waals surface area (Å²) in [6, 6.07) is 0.307. The minimum atomic E-state index is -0.752. The molecule has 1 amide bonds. The van der Waals surface area contributed by atoms with Crippen LogP contribution in [-0.4, -0.2) is 23.0 Å². The average Bonchev–Trinajstić information content (AvgIpc) is 2.89. The second-order valence-electron chi connectivity index (χ2n) is 6.91. The summed E-state index contributed by atoms with van der Waals surface area (Å²) in [5.74, 6) is 0.463. The van der Waals surface area contributed by atoms with Crippen molar-refractivity contribution < 1.29 is 14.7 Å². The highest BCUT2D eigenvalue weighted by atomic mass is 16.4. The standard InChI is InChI=1S/C16H27NO3/c1-10(2)11-5-7-14(8-6-11)17-15(18)12-3-4-13(9-12)16(19)20/h10-14H,3-9H2,1-2H3,(H,17,18)(H,19,20)/t11?,12-,13+,14?/m1/s1. The van der Waals surface area contributed by atoms with Gasteiger partial charge in [-0.1, -0.05) is 13.8 Å². The number of rotatable bonds is 4. The van der Waals surface area contributed by atoms with Crippen LogP contribution in [0, 0.1) is 23.7 Å². The summed E-state index contributed by atoms with van der Waals surface area (Å²) in [4.78, 5) is 23.1. The Labute approximate surface area is 121 Å². The van der Waals surface area contributed by atoms with E-state index in [1.54, 1.807) is 0 Å². The van der Waals surface area contributed by atoms with Gasteiger partial charge in [0.15, 0.2) is 0 Å². The van der Waals surface area contributed by atoms with Crippen molar-refractivity contribution in [3.8, 4) is 0 Å². The summed E-state index contributed by atoms with van der Waals surface area (Å²) in [6.07, 6.45) is 6.43. The minimum Gasteiger partial charge on any atom is -0.481 e. The third-order valence-corrected chi connectivity index (χ3v) is 5.21. The summed E-state index contributed by atoms with van der Waals surface area (Å²) < 4.78 is 0. The predicted octanol–water partition coefficient (Wildman–Crippen LogP) is 2.82. The Kier molecular flexibility index (Phi) is 5.06. The Morgan fingerprint density at radius 1 is 1.00 bits per heavy atom. The molecule has 2 aliphatic carbocycles. The molecule has 114 valence electrons. The van der Waals surface area contributed by atoms with Crippen molar-refractivity contribution in [3.05, 3.63) is 0 Å². The largest absolute Gasteiger partial charge is 0.481 e. The zero-order valence-corrected chi connectivity index (χ0v) is 12.6. The van der Waals surface area contributed by atoms with Crippen LogP contribution in [-0.2, 0) is 9.59 Å². The number of hydrogen-bond donors (Lipinski definition) is 2. The normalized spacial score (nSPS) is 34.1. The van der Waals surface area contributed by atoms with Crippen LogP contribution in [0.2, 0.25) is 0 Å². The SMILES string of the molecule is CC(C)C1CCC(NC(=O)[C@@H]2CC[C@H](C(=O)O)C2)CC1. The lowest BCUT2D eigenvalue weighted by Gasteiger charge is -2.31. The quantitative estimate of drug-likeness (QED) is 0.832. The van der Waals surface area contributed by atoms with E-state index in [4.69, 9.17) is 5.11 Å². The number of carbonyl (C=O) groups excluding carboxylic acids is 1. The molecule has 0 aromatic rings. The highest BCUT2D eigenvalue weighted by molar-refractivity contribution is 5.81. The Morgan fingerprint density at radius 2 is 1.60 bits per heavy atom. The van der Waals surface area contributed by atoms with Crippen molar-refractivity contribution in [1.29, 1.82) is 0 Å². The molecule has 2 aliphatic rings. The van der Waals surface area contributed by atoms with Crippen molar-refractivity contribution >= 4 is 11.9 Å². The zero-order valence-electron chi connectivity index (χ0n) is 12.6. The van der Waals surface area contributed by atoms with Gasteiger partial charge in [-0.15, -0.1) is 0 Å². The molecule has 2 saturated carbocycles. The Hall–Kier alpha value is -1.06. The van der Waals surface area contributed by atoms with E-state index in [1.165, 1.54) is 12.8 Å². The maximum Gasteiger partial charge on any atom is 0.306 e. The van der Waals surface area contributed by atoms with Crippen LogP contribution in [0.25, 0.3) is 0 Å². The molecule has 2 atom stereocenters. The molecule has 0 aromatic carbocycles. The van der Waals surface area contributed by atoms with Crippen molar-refractivity contribution in [2.24, 2.45) is 23.7 Å². The summed E-state index contributed by atoms with van der Waals surface area (Å²) in [6.45, 7) is 4.54. The van der Waals surface area contributed by atoms with Gasteiger partial charge in [0.2, 0.25) is 5.91 Å². The zero-order chi connectivity index (χ0) is 14.7. The summed E-state index contributed by atoms with van der Waals surface area (Å²) >= 11 is 0. The lowest BCUT2D eigenvalue weighted by molar-refractivity contribution is -0.141. The van der Waals surface area contributed by atoms with Gasteiger partial charge in [-0.2, -0.15) is 0 Å². The molecule has 4 heteroatoms. The number of amides is 1. The summed E-state index contributed by atoms with van der Waals surface area (Å²) in [7, 11) is 0. The molecular formula is C16H27NO3. The highest BCUT2D eigenvalue weighted by Gasteiger charge is 2.35. The first-order valence-corrected chi connectivity index (χ1v) is 8.00. The van der Waals surface area contributed by atoms with Gasteiger partial charge in [0.1, 0.15) is 0 Å². The number of nitrogens with one attached hydrogen (secondary N) is 1. The Balaban J connectivity index is 1.75. The fourth-order valence-corrected chi connectivity index (χ4v) is 3.69. The second kappa shape index (κ2) is 6.59. The number of carboxylic acids is 1. The summed E-state index contributed by atoms with van der Waals surface area (Å²) in [5, 5.41) is 12.1. The lowest BCUT2D eigenvalue weighted by Crippen LogP contribution is -2.41. The van der Waals surface area contributed by atoms with Gasteiger partial charge in [0, 0.05) is 12.0 Å². The molecule has 0 saturated heterocycles. The van der Waals surface area contributed by atoms with E-state index in [2.05, 4.69) is 19.2 Å². The maximum atomic E-state index is 12.2. The fraction of sp³-hybridized carbons (Fsp3) is 0.875. The van der Waals surface area contributed by atoms with Crippen LogP contribution >= 0.6 is 0 Å². The average molecular weight is 281 g/mol. The van der Waals surface area contributed by atoms with Crippen molar-refractivity contribution in [2.45, 2.75) is 64.8 Å². The number of hydrogen-bond acceptors (Lipinski definition) is 2. The van der Waals surface area contributed by atoms with Crippen molar-refractivity contribution in [1.82, 2.24) is 5.32 Å². The molecule has 0 aliphatic heterocycles. The van der Waals surface area contributed by atoms with Crippen LogP contribution in [0.3, 0.4) is 0 Å². The van der Waals surface area contributed by atoms with Crippen LogP contribution in [0.1, 0.15) is 58.8 Å². The smallest absolute Gasteiger partial charge is 0.306 e. The van der Waals surface area contributed by atoms with E-state index in [0.717, 1.165) is 31.1 Å². The van der Waals surface area contributed by atoms with Crippen LogP contribution in [0.15, 0.2) is 0 Å². The number of carbonyl (C=O) groups is 2. The van der Waals surface area contributed by atoms with Gasteiger partial charge in [-0.3, -0.25) is 9.59 Å². The molecule has 0 radical (unpaired) electrons. The predicted molar refractivity (Wildman–Crippen MR) is 77.2 cm³/mol. The number of aliphatic carboxylic acids is 1. The minimum absolute atomic E-state index is 0.0843. The van der Waals surface area contributed by atoms with Gasteiger partial charge < -0.3 is 10.4 Å². The Bertz CT molecular complexity index is 359. The molecule has 0 aromatic heterocycles. The van der Waals surface area contributed by atoms with Gasteiger partial charge in [0.05, 0.1) is 5.92 Å². The first-order chi connectivity index (χ1) is 9.47. The lowest BCUT2D eigenvalue weighted by atomic mass is 9.79. The molecule has 0 spiro atoms. The number of carboxylic acid groups (broad SMARTS) is 1. The molecule has 0 heterocycles. The topological polar surface area (TPSA) is 66.4 Å². The van der Waals surface area contributed by atoms with E-state index < -0.39 is 5.97 Å². The van der Waals surface area contributed by atoms with Crippen molar-refractivity contribution in [2.75, 3.05) is 0 Å². The first kappa shape index (κ1) is 15.3. The van der Waals surface area contributed by atoms with Crippen LogP contribution in [0.4, 0.5) is 0 Å². The van der Waals surface area contributed by atoms with E-state index in [-0.39, 0.29) is 17.7 Å². The third kappa shape index (κ3) is 3.74. The third-order valence-electron chi connectivity index (χ3n) is 5.21. The molecule has 2 N–H and O–H groups in total. The van der Waals surface area contributed by atoms with Gasteiger partial charge in [-0.25, -0.2) is 0 Å². The molecule has 4 nitrogen and oxygen atoms in total. The fourth-order valence-electron chi connectivity index (χ4n) is 3.69. The first-order valence-electron chi connectivity index (χ1n) is 8.00. The Morgan fingerprint density at radius 3 is 2.10 bits per heavy atom. The highest BCUT2D eigenvalue weighted by Crippen LogP contribution is 2.33. The molecule has 0 bridgehead atoms. The van der Waals surface area contributed by atoms with E-state index >= 15 is 0 Å². The van der Waals surface area contributed by atoms with E-state index in [0.29, 0.717) is 18.9 Å². The van der Waals surface area contributed by atoms with E-state index in [9.17, 15) is 9.59 Å². The summed E-state index contributed by atoms with van der Waals surface area (Å²) in [5.41, 5.74) is 0. The molecule has 2 fully saturated rings. The van der Waals surface area contributed by atoms with Gasteiger partial charge in [-0.05, 0) is 56.8 Å². The van der Waals surface area contributed by atoms with Crippen LogP contribution in [0.5, 0.6) is 0 Å². The van der Waals surface area contributed by atoms with Gasteiger partial charge >= 0.3 is 5.97 Å². The van der Waals surface area contributed by atoms with Crippen molar-refractivity contribution in [3.63, 3.8) is 0 Å². The monoisotopic (exact) mass is 281 g/mol. The van der Waals surface area contributed by atoms with E-state index in [1.807, 2.05) is 0 Å². The van der Waals surface area contributed by atoms with Gasteiger partial charge in [0.25, 0.3) is 0 Å². The maximum absolute atomic E-state index is 12.2. The molecule has 20 heavy (non-hydrogen) atoms. The molecular weight excluding hydrogens is 254 g/mol. The van der Waals surface area contributed by atoms with Crippen LogP contribution < -0.4 is 5.32 Å². The second-order valence-corrected chi connectivity index (χ2v) is 6.91.